The second-order valence-electron chi connectivity index (χ2n) is 5.76. The van der Waals surface area contributed by atoms with Gasteiger partial charge in [0.15, 0.2) is 0 Å². The molecule has 3 heteroatoms. The summed E-state index contributed by atoms with van der Waals surface area (Å²) >= 11 is 10.1. The molecule has 1 aliphatic carbocycles. The molecule has 1 nitrogen and oxygen atoms in total. The van der Waals surface area contributed by atoms with E-state index in [1.165, 1.54) is 49.7 Å². The van der Waals surface area contributed by atoms with E-state index in [0.717, 1.165) is 22.5 Å². The van der Waals surface area contributed by atoms with Crippen molar-refractivity contribution in [3.05, 3.63) is 44.9 Å². The van der Waals surface area contributed by atoms with E-state index in [0.29, 0.717) is 0 Å². The molecule has 21 heavy (non-hydrogen) atoms. The first-order chi connectivity index (χ1) is 10.2. The van der Waals surface area contributed by atoms with Crippen LogP contribution in [0, 0.1) is 0 Å². The van der Waals surface area contributed by atoms with Gasteiger partial charge in [0.05, 0.1) is 11.1 Å². The zero-order chi connectivity index (χ0) is 15.1. The Morgan fingerprint density at radius 2 is 2.05 bits per heavy atom. The Morgan fingerprint density at radius 1 is 1.24 bits per heavy atom. The fourth-order valence-corrected chi connectivity index (χ4v) is 3.57. The number of nitrogens with one attached hydrogen (secondary N) is 1. The third-order valence-corrected chi connectivity index (χ3v) is 5.40. The zero-order valence-electron chi connectivity index (χ0n) is 12.8. The smallest absolute Gasteiger partial charge is 0.0599 e. The lowest BCUT2D eigenvalue weighted by molar-refractivity contribution is 0.540. The van der Waals surface area contributed by atoms with Gasteiger partial charge in [-0.3, -0.25) is 0 Å². The van der Waals surface area contributed by atoms with E-state index in [4.69, 9.17) is 11.6 Å². The predicted octanol–water partition coefficient (Wildman–Crippen LogP) is 6.42. The fraction of sp³-hybridized carbons (Fsp3) is 0.556. The monoisotopic (exact) mass is 369 g/mol. The fourth-order valence-electron chi connectivity index (χ4n) is 2.95. The molecule has 0 bridgehead atoms. The van der Waals surface area contributed by atoms with Crippen molar-refractivity contribution in [3.63, 3.8) is 0 Å². The van der Waals surface area contributed by atoms with E-state index in [1.54, 1.807) is 0 Å². The van der Waals surface area contributed by atoms with Crippen molar-refractivity contribution in [2.45, 2.75) is 57.9 Å². The molecule has 0 saturated carbocycles. The summed E-state index contributed by atoms with van der Waals surface area (Å²) in [5.74, 6) is 0. The van der Waals surface area contributed by atoms with Crippen molar-refractivity contribution in [3.8, 4) is 0 Å². The minimum Gasteiger partial charge on any atom is -0.306 e. The Balaban J connectivity index is 2.30. The van der Waals surface area contributed by atoms with Gasteiger partial charge in [-0.05, 0) is 66.2 Å². The number of halogens is 2. The van der Waals surface area contributed by atoms with Gasteiger partial charge < -0.3 is 5.32 Å². The van der Waals surface area contributed by atoms with Gasteiger partial charge in [0, 0.05) is 4.47 Å². The molecule has 0 aliphatic heterocycles. The number of rotatable bonds is 5. The van der Waals surface area contributed by atoms with Crippen molar-refractivity contribution in [2.24, 2.45) is 0 Å². The summed E-state index contributed by atoms with van der Waals surface area (Å²) in [5.41, 5.74) is 2.72. The molecule has 0 saturated heterocycles. The minimum atomic E-state index is 0.257. The first-order valence-electron chi connectivity index (χ1n) is 8.10. The molecule has 1 aromatic rings. The van der Waals surface area contributed by atoms with Crippen LogP contribution >= 0.6 is 27.5 Å². The summed E-state index contributed by atoms with van der Waals surface area (Å²) < 4.78 is 0.983. The van der Waals surface area contributed by atoms with E-state index < -0.39 is 0 Å². The Kier molecular flexibility index (Phi) is 7.28. The second kappa shape index (κ2) is 8.97. The summed E-state index contributed by atoms with van der Waals surface area (Å²) in [6, 6.07) is 6.50. The summed E-state index contributed by atoms with van der Waals surface area (Å²) in [7, 11) is 0. The summed E-state index contributed by atoms with van der Waals surface area (Å²) in [4.78, 5) is 0. The van der Waals surface area contributed by atoms with Crippen LogP contribution in [0.25, 0.3) is 0 Å². The molecule has 0 radical (unpaired) electrons. The van der Waals surface area contributed by atoms with E-state index >= 15 is 0 Å². The molecule has 1 aromatic carbocycles. The van der Waals surface area contributed by atoms with Crippen molar-refractivity contribution in [1.82, 2.24) is 5.32 Å². The van der Waals surface area contributed by atoms with Crippen molar-refractivity contribution in [2.75, 3.05) is 6.54 Å². The van der Waals surface area contributed by atoms with Crippen molar-refractivity contribution in [1.29, 1.82) is 0 Å². The normalized spacial score (nSPS) is 20.2. The molecule has 1 unspecified atom stereocenters. The molecule has 2 rings (SSSR count). The number of allylic oxidation sites excluding steroid dienone is 1. The predicted molar refractivity (Wildman–Crippen MR) is 96.0 cm³/mol. The van der Waals surface area contributed by atoms with Gasteiger partial charge in [0.25, 0.3) is 0 Å². The lowest BCUT2D eigenvalue weighted by Crippen LogP contribution is -2.24. The van der Waals surface area contributed by atoms with Gasteiger partial charge in [-0.15, -0.1) is 0 Å². The lowest BCUT2D eigenvalue weighted by atomic mass is 9.91. The van der Waals surface area contributed by atoms with Crippen LogP contribution in [0.5, 0.6) is 0 Å². The van der Waals surface area contributed by atoms with E-state index in [1.807, 2.05) is 6.07 Å². The Hall–Kier alpha value is -0.310. The quantitative estimate of drug-likeness (QED) is 0.589. The van der Waals surface area contributed by atoms with Crippen LogP contribution in [0.15, 0.2) is 34.3 Å². The highest BCUT2D eigenvalue weighted by atomic mass is 79.9. The van der Waals surface area contributed by atoms with Crippen molar-refractivity contribution >= 4 is 27.5 Å². The molecular weight excluding hydrogens is 346 g/mol. The molecule has 1 atom stereocenters. The highest BCUT2D eigenvalue weighted by molar-refractivity contribution is 9.10. The maximum Gasteiger partial charge on any atom is 0.0599 e. The van der Waals surface area contributed by atoms with E-state index in [-0.39, 0.29) is 6.04 Å². The highest BCUT2D eigenvalue weighted by Crippen LogP contribution is 2.36. The number of hydrogen-bond acceptors (Lipinski definition) is 1. The lowest BCUT2D eigenvalue weighted by Gasteiger charge is -2.25. The molecule has 0 heterocycles. The molecule has 0 amide bonds. The number of hydrogen-bond donors (Lipinski definition) is 1. The van der Waals surface area contributed by atoms with Crippen LogP contribution in [-0.2, 0) is 0 Å². The van der Waals surface area contributed by atoms with Crippen LogP contribution in [-0.4, -0.2) is 6.54 Å². The molecule has 0 aromatic heterocycles. The standard InChI is InChI=1S/C18H25BrClN/c1-2-13-21-18(14-9-6-4-3-5-7-10-14)15-11-8-12-16(19)17(15)20/h8-9,11-12,18,21H,2-7,10,13H2,1H3/b14-9+. The zero-order valence-corrected chi connectivity index (χ0v) is 15.1. The van der Waals surface area contributed by atoms with Gasteiger partial charge >= 0.3 is 0 Å². The topological polar surface area (TPSA) is 12.0 Å². The maximum atomic E-state index is 6.55. The first kappa shape index (κ1) is 17.1. The van der Waals surface area contributed by atoms with Gasteiger partial charge in [-0.1, -0.05) is 55.1 Å². The largest absolute Gasteiger partial charge is 0.306 e. The average Bonchev–Trinajstić information content (AvgIpc) is 2.44. The van der Waals surface area contributed by atoms with Crippen LogP contribution in [0.3, 0.4) is 0 Å². The van der Waals surface area contributed by atoms with Crippen LogP contribution in [0.1, 0.15) is 63.5 Å². The van der Waals surface area contributed by atoms with E-state index in [2.05, 4.69) is 46.4 Å². The summed E-state index contributed by atoms with van der Waals surface area (Å²) in [6.07, 6.45) is 11.3. The van der Waals surface area contributed by atoms with Crippen molar-refractivity contribution < 1.29 is 0 Å². The third kappa shape index (κ3) is 4.84. The Labute approximate surface area is 142 Å². The third-order valence-electron chi connectivity index (χ3n) is 4.09. The van der Waals surface area contributed by atoms with Gasteiger partial charge in [0.2, 0.25) is 0 Å². The number of benzene rings is 1. The summed E-state index contributed by atoms with van der Waals surface area (Å²) in [5, 5.41) is 4.54. The highest BCUT2D eigenvalue weighted by Gasteiger charge is 2.20. The van der Waals surface area contributed by atoms with Gasteiger partial charge in [0.1, 0.15) is 0 Å². The maximum absolute atomic E-state index is 6.55. The molecule has 1 aliphatic rings. The average molecular weight is 371 g/mol. The Bertz CT molecular complexity index is 484. The first-order valence-corrected chi connectivity index (χ1v) is 9.27. The van der Waals surface area contributed by atoms with Crippen LogP contribution < -0.4 is 5.32 Å². The second-order valence-corrected chi connectivity index (χ2v) is 6.99. The van der Waals surface area contributed by atoms with Gasteiger partial charge in [-0.2, -0.15) is 0 Å². The molecule has 0 spiro atoms. The molecule has 116 valence electrons. The van der Waals surface area contributed by atoms with Crippen LogP contribution in [0.2, 0.25) is 5.02 Å². The van der Waals surface area contributed by atoms with Crippen LogP contribution in [0.4, 0.5) is 0 Å². The molecular formula is C18H25BrClN. The Morgan fingerprint density at radius 3 is 2.86 bits per heavy atom. The SMILES string of the molecule is CCCNC(/C1=C/CCCCCC1)c1cccc(Br)c1Cl. The van der Waals surface area contributed by atoms with Gasteiger partial charge in [-0.25, -0.2) is 0 Å². The molecule has 1 N–H and O–H groups in total. The summed E-state index contributed by atoms with van der Waals surface area (Å²) in [6.45, 7) is 3.23. The molecule has 0 fully saturated rings. The van der Waals surface area contributed by atoms with E-state index in [9.17, 15) is 0 Å². The minimum absolute atomic E-state index is 0.257.